The summed E-state index contributed by atoms with van der Waals surface area (Å²) in [5.74, 6) is 0. The summed E-state index contributed by atoms with van der Waals surface area (Å²) in [4.78, 5) is 0. The molecule has 11 heavy (non-hydrogen) atoms. The first-order valence-corrected chi connectivity index (χ1v) is 4.74. The first-order valence-electron chi connectivity index (χ1n) is 4.74. The van der Waals surface area contributed by atoms with E-state index in [9.17, 15) is 0 Å². The highest BCUT2D eigenvalue weighted by Crippen LogP contribution is 2.16. The molecule has 1 unspecified atom stereocenters. The van der Waals surface area contributed by atoms with Crippen LogP contribution in [0.4, 0.5) is 0 Å². The van der Waals surface area contributed by atoms with E-state index in [-0.39, 0.29) is 0 Å². The van der Waals surface area contributed by atoms with Crippen LogP contribution < -0.4 is 5.32 Å². The molecule has 1 N–H and O–H groups in total. The topological polar surface area (TPSA) is 12.0 Å². The lowest BCUT2D eigenvalue weighted by Crippen LogP contribution is -2.28. The molecule has 0 saturated heterocycles. The van der Waals surface area contributed by atoms with Gasteiger partial charge in [0.1, 0.15) is 0 Å². The standard InChI is InChI=1S/C10H19N/c1-3-5-9(2)11-8-10-6-4-7-10/h6,9,11H,3-5,7-8H2,1-2H3. The van der Waals surface area contributed by atoms with Crippen molar-refractivity contribution in [2.45, 2.75) is 45.6 Å². The largest absolute Gasteiger partial charge is 0.311 e. The molecular formula is C10H19N. The minimum absolute atomic E-state index is 0.696. The molecule has 0 heterocycles. The van der Waals surface area contributed by atoms with Crippen molar-refractivity contribution in [1.29, 1.82) is 0 Å². The van der Waals surface area contributed by atoms with Crippen LogP contribution in [0, 0.1) is 0 Å². The third kappa shape index (κ3) is 3.06. The third-order valence-corrected chi connectivity index (χ3v) is 2.30. The Morgan fingerprint density at radius 2 is 2.36 bits per heavy atom. The summed E-state index contributed by atoms with van der Waals surface area (Å²) in [7, 11) is 0. The fraction of sp³-hybridized carbons (Fsp3) is 0.800. The van der Waals surface area contributed by atoms with Gasteiger partial charge in [0.25, 0.3) is 0 Å². The van der Waals surface area contributed by atoms with Crippen molar-refractivity contribution in [2.75, 3.05) is 6.54 Å². The van der Waals surface area contributed by atoms with Gasteiger partial charge in [0.05, 0.1) is 0 Å². The molecule has 0 aromatic carbocycles. The van der Waals surface area contributed by atoms with Gasteiger partial charge in [-0.2, -0.15) is 0 Å². The summed E-state index contributed by atoms with van der Waals surface area (Å²) in [6.45, 7) is 5.63. The molecule has 0 aliphatic heterocycles. The monoisotopic (exact) mass is 153 g/mol. The zero-order chi connectivity index (χ0) is 8.10. The van der Waals surface area contributed by atoms with Crippen molar-refractivity contribution in [3.05, 3.63) is 11.6 Å². The maximum Gasteiger partial charge on any atom is 0.0167 e. The van der Waals surface area contributed by atoms with E-state index in [0.717, 1.165) is 6.54 Å². The van der Waals surface area contributed by atoms with Crippen molar-refractivity contribution in [3.8, 4) is 0 Å². The summed E-state index contributed by atoms with van der Waals surface area (Å²) in [6, 6.07) is 0.696. The van der Waals surface area contributed by atoms with Gasteiger partial charge in [-0.1, -0.05) is 25.0 Å². The Balaban J connectivity index is 2.01. The fourth-order valence-corrected chi connectivity index (χ4v) is 1.35. The van der Waals surface area contributed by atoms with E-state index < -0.39 is 0 Å². The molecule has 0 fully saturated rings. The Morgan fingerprint density at radius 1 is 1.64 bits per heavy atom. The number of rotatable bonds is 5. The molecular weight excluding hydrogens is 134 g/mol. The van der Waals surface area contributed by atoms with Crippen molar-refractivity contribution in [3.63, 3.8) is 0 Å². The highest BCUT2D eigenvalue weighted by molar-refractivity contribution is 5.13. The lowest BCUT2D eigenvalue weighted by atomic mass is 9.99. The lowest BCUT2D eigenvalue weighted by molar-refractivity contribution is 0.521. The van der Waals surface area contributed by atoms with E-state index in [1.165, 1.54) is 25.7 Å². The predicted molar refractivity (Wildman–Crippen MR) is 49.7 cm³/mol. The minimum atomic E-state index is 0.696. The van der Waals surface area contributed by atoms with Gasteiger partial charge in [-0.25, -0.2) is 0 Å². The molecule has 0 radical (unpaired) electrons. The molecule has 0 amide bonds. The first-order chi connectivity index (χ1) is 5.33. The second kappa shape index (κ2) is 4.55. The van der Waals surface area contributed by atoms with Crippen molar-refractivity contribution >= 4 is 0 Å². The van der Waals surface area contributed by atoms with E-state index in [4.69, 9.17) is 0 Å². The molecule has 64 valence electrons. The average Bonchev–Trinajstić information content (AvgIpc) is 1.85. The zero-order valence-corrected chi connectivity index (χ0v) is 7.69. The van der Waals surface area contributed by atoms with E-state index in [2.05, 4.69) is 25.2 Å². The van der Waals surface area contributed by atoms with Gasteiger partial charge < -0.3 is 5.32 Å². The molecule has 0 spiro atoms. The van der Waals surface area contributed by atoms with E-state index in [0.29, 0.717) is 6.04 Å². The van der Waals surface area contributed by atoms with Crippen molar-refractivity contribution in [2.24, 2.45) is 0 Å². The Bertz CT molecular complexity index is 138. The molecule has 1 atom stereocenters. The van der Waals surface area contributed by atoms with E-state index in [1.54, 1.807) is 5.57 Å². The first kappa shape index (κ1) is 8.79. The number of hydrogen-bond acceptors (Lipinski definition) is 1. The van der Waals surface area contributed by atoms with Crippen LogP contribution in [-0.4, -0.2) is 12.6 Å². The highest BCUT2D eigenvalue weighted by atomic mass is 14.9. The summed E-state index contributed by atoms with van der Waals surface area (Å²) in [5, 5.41) is 3.52. The zero-order valence-electron chi connectivity index (χ0n) is 7.69. The van der Waals surface area contributed by atoms with Gasteiger partial charge in [-0.15, -0.1) is 0 Å². The van der Waals surface area contributed by atoms with Gasteiger partial charge in [-0.05, 0) is 26.2 Å². The molecule has 0 aromatic rings. The van der Waals surface area contributed by atoms with Crippen LogP contribution in [-0.2, 0) is 0 Å². The van der Waals surface area contributed by atoms with Crippen LogP contribution in [0.15, 0.2) is 11.6 Å². The van der Waals surface area contributed by atoms with E-state index in [1.807, 2.05) is 0 Å². The number of allylic oxidation sites excluding steroid dienone is 1. The van der Waals surface area contributed by atoms with Crippen LogP contribution in [0.3, 0.4) is 0 Å². The van der Waals surface area contributed by atoms with Crippen LogP contribution in [0.2, 0.25) is 0 Å². The number of nitrogens with one attached hydrogen (secondary N) is 1. The highest BCUT2D eigenvalue weighted by Gasteiger charge is 2.06. The van der Waals surface area contributed by atoms with Gasteiger partial charge >= 0.3 is 0 Å². The maximum absolute atomic E-state index is 3.52. The minimum Gasteiger partial charge on any atom is -0.311 e. The summed E-state index contributed by atoms with van der Waals surface area (Å²) >= 11 is 0. The van der Waals surface area contributed by atoms with Gasteiger partial charge in [-0.3, -0.25) is 0 Å². The Kier molecular flexibility index (Phi) is 3.64. The van der Waals surface area contributed by atoms with Crippen LogP contribution in [0.1, 0.15) is 39.5 Å². The second-order valence-corrected chi connectivity index (χ2v) is 3.47. The molecule has 0 bridgehead atoms. The normalized spacial score (nSPS) is 18.9. The van der Waals surface area contributed by atoms with Gasteiger partial charge in [0.15, 0.2) is 0 Å². The fourth-order valence-electron chi connectivity index (χ4n) is 1.35. The van der Waals surface area contributed by atoms with Crippen LogP contribution in [0.5, 0.6) is 0 Å². The molecule has 1 aliphatic carbocycles. The average molecular weight is 153 g/mol. The predicted octanol–water partition coefficient (Wildman–Crippen LogP) is 2.48. The number of hydrogen-bond donors (Lipinski definition) is 1. The maximum atomic E-state index is 3.52. The molecule has 0 aromatic heterocycles. The van der Waals surface area contributed by atoms with E-state index >= 15 is 0 Å². The molecule has 0 saturated carbocycles. The Morgan fingerprint density at radius 3 is 2.82 bits per heavy atom. The van der Waals surface area contributed by atoms with Crippen molar-refractivity contribution in [1.82, 2.24) is 5.32 Å². The molecule has 1 nitrogen and oxygen atoms in total. The van der Waals surface area contributed by atoms with Crippen molar-refractivity contribution < 1.29 is 0 Å². The molecule has 1 heteroatoms. The van der Waals surface area contributed by atoms with Gasteiger partial charge in [0.2, 0.25) is 0 Å². The molecule has 1 aliphatic rings. The lowest BCUT2D eigenvalue weighted by Gasteiger charge is -2.18. The quantitative estimate of drug-likeness (QED) is 0.598. The SMILES string of the molecule is CCCC(C)NCC1=CCC1. The Hall–Kier alpha value is -0.300. The summed E-state index contributed by atoms with van der Waals surface area (Å²) in [6.07, 6.45) is 7.55. The van der Waals surface area contributed by atoms with Gasteiger partial charge in [0, 0.05) is 12.6 Å². The molecule has 1 rings (SSSR count). The smallest absolute Gasteiger partial charge is 0.0167 e. The third-order valence-electron chi connectivity index (χ3n) is 2.30. The summed E-state index contributed by atoms with van der Waals surface area (Å²) < 4.78 is 0. The summed E-state index contributed by atoms with van der Waals surface area (Å²) in [5.41, 5.74) is 1.60. The van der Waals surface area contributed by atoms with Crippen LogP contribution in [0.25, 0.3) is 0 Å². The Labute approximate surface area is 69.9 Å². The second-order valence-electron chi connectivity index (χ2n) is 3.47. The van der Waals surface area contributed by atoms with Crippen LogP contribution >= 0.6 is 0 Å².